The topological polar surface area (TPSA) is 26.3 Å². The number of hydrogen-bond donors (Lipinski definition) is 0. The number of esters is 1. The van der Waals surface area contributed by atoms with Crippen LogP contribution in [0, 0.1) is 5.41 Å². The van der Waals surface area contributed by atoms with Gasteiger partial charge in [-0.2, -0.15) is 0 Å². The number of alkyl halides is 1. The molecule has 0 amide bonds. The Kier molecular flexibility index (Phi) is 1.51. The van der Waals surface area contributed by atoms with Crippen molar-refractivity contribution in [3.8, 4) is 0 Å². The fourth-order valence-electron chi connectivity index (χ4n) is 1.37. The van der Waals surface area contributed by atoms with Crippen LogP contribution in [0.4, 0.5) is 4.39 Å². The van der Waals surface area contributed by atoms with Crippen molar-refractivity contribution in [3.05, 3.63) is 0 Å². The Morgan fingerprint density at radius 2 is 2.00 bits per heavy atom. The summed E-state index contributed by atoms with van der Waals surface area (Å²) >= 11 is 0. The lowest BCUT2D eigenvalue weighted by molar-refractivity contribution is -0.224. The van der Waals surface area contributed by atoms with Gasteiger partial charge in [0.2, 0.25) is 5.67 Å². The zero-order valence-corrected chi connectivity index (χ0v) is 7.27. The lowest BCUT2D eigenvalue weighted by Crippen LogP contribution is -2.62. The van der Waals surface area contributed by atoms with Crippen LogP contribution in [0.2, 0.25) is 0 Å². The molecule has 0 N–H and O–H groups in total. The first-order valence-electron chi connectivity index (χ1n) is 3.66. The first kappa shape index (κ1) is 8.50. The molecule has 2 atom stereocenters. The number of carbonyl (C=O) groups is 1. The Morgan fingerprint density at radius 3 is 2.09 bits per heavy atom. The molecule has 1 saturated heterocycles. The fourth-order valence-corrected chi connectivity index (χ4v) is 1.37. The number of ether oxygens (including phenoxy) is 1. The van der Waals surface area contributed by atoms with Crippen molar-refractivity contribution in [3.63, 3.8) is 0 Å². The summed E-state index contributed by atoms with van der Waals surface area (Å²) in [7, 11) is 0. The molecule has 1 aliphatic heterocycles. The zero-order valence-electron chi connectivity index (χ0n) is 7.27. The molecule has 0 spiro atoms. The molecule has 2 nitrogen and oxygen atoms in total. The quantitative estimate of drug-likeness (QED) is 0.504. The van der Waals surface area contributed by atoms with Crippen molar-refractivity contribution in [2.45, 2.75) is 39.5 Å². The van der Waals surface area contributed by atoms with Gasteiger partial charge in [0.15, 0.2) is 6.10 Å². The maximum Gasteiger partial charge on any atom is 0.348 e. The third-order valence-electron chi connectivity index (χ3n) is 1.90. The minimum atomic E-state index is -1.78. The van der Waals surface area contributed by atoms with E-state index in [9.17, 15) is 9.18 Å². The highest BCUT2D eigenvalue weighted by Crippen LogP contribution is 2.41. The summed E-state index contributed by atoms with van der Waals surface area (Å²) in [5.41, 5.74) is -2.09. The number of carbonyl (C=O) groups excluding carboxylic acids is 1. The molecule has 11 heavy (non-hydrogen) atoms. The summed E-state index contributed by atoms with van der Waals surface area (Å²) in [5.74, 6) is -0.738. The summed E-state index contributed by atoms with van der Waals surface area (Å²) < 4.78 is 18.0. The van der Waals surface area contributed by atoms with Gasteiger partial charge in [-0.15, -0.1) is 0 Å². The van der Waals surface area contributed by atoms with E-state index in [0.717, 1.165) is 0 Å². The first-order chi connectivity index (χ1) is 4.76. The molecule has 0 saturated carbocycles. The van der Waals surface area contributed by atoms with Crippen molar-refractivity contribution in [2.75, 3.05) is 0 Å². The largest absolute Gasteiger partial charge is 0.455 e. The van der Waals surface area contributed by atoms with Gasteiger partial charge in [0.1, 0.15) is 0 Å². The van der Waals surface area contributed by atoms with E-state index in [-0.39, 0.29) is 5.41 Å². The fraction of sp³-hybridized carbons (Fsp3) is 0.875. The van der Waals surface area contributed by atoms with Gasteiger partial charge in [0.25, 0.3) is 0 Å². The second-order valence-electron chi connectivity index (χ2n) is 4.23. The summed E-state index contributed by atoms with van der Waals surface area (Å²) in [4.78, 5) is 10.6. The van der Waals surface area contributed by atoms with E-state index in [1.165, 1.54) is 6.92 Å². The average Bonchev–Trinajstić information content (AvgIpc) is 1.80. The minimum Gasteiger partial charge on any atom is -0.455 e. The van der Waals surface area contributed by atoms with Crippen LogP contribution in [-0.4, -0.2) is 17.7 Å². The smallest absolute Gasteiger partial charge is 0.348 e. The van der Waals surface area contributed by atoms with Gasteiger partial charge < -0.3 is 4.74 Å². The molecule has 1 fully saturated rings. The molecular formula is C8H13FO2. The van der Waals surface area contributed by atoms with Crippen LogP contribution in [0.5, 0.6) is 0 Å². The standard InChI is InChI=1S/C8H13FO2/c1-7(2,3)5-8(4,9)6(10)11-5/h5H,1-4H3. The van der Waals surface area contributed by atoms with Crippen LogP contribution in [0.3, 0.4) is 0 Å². The van der Waals surface area contributed by atoms with Gasteiger partial charge >= 0.3 is 5.97 Å². The summed E-state index contributed by atoms with van der Waals surface area (Å²) in [6.45, 7) is 6.82. The second kappa shape index (κ2) is 1.96. The van der Waals surface area contributed by atoms with Crippen LogP contribution < -0.4 is 0 Å². The number of rotatable bonds is 0. The molecule has 2 unspecified atom stereocenters. The predicted octanol–water partition coefficient (Wildman–Crippen LogP) is 1.69. The van der Waals surface area contributed by atoms with E-state index in [1.807, 2.05) is 20.8 Å². The summed E-state index contributed by atoms with van der Waals surface area (Å²) in [6, 6.07) is 0. The molecule has 0 aliphatic carbocycles. The van der Waals surface area contributed by atoms with Crippen molar-refractivity contribution < 1.29 is 13.9 Å². The third-order valence-corrected chi connectivity index (χ3v) is 1.90. The lowest BCUT2D eigenvalue weighted by atomic mass is 9.77. The van der Waals surface area contributed by atoms with E-state index < -0.39 is 17.7 Å². The molecule has 3 heteroatoms. The van der Waals surface area contributed by atoms with Crippen molar-refractivity contribution in [1.82, 2.24) is 0 Å². The highest BCUT2D eigenvalue weighted by molar-refractivity contribution is 5.85. The summed E-state index contributed by atoms with van der Waals surface area (Å²) in [6.07, 6.45) is -0.595. The molecule has 0 radical (unpaired) electrons. The maximum atomic E-state index is 13.3. The Bertz CT molecular complexity index is 191. The number of cyclic esters (lactones) is 1. The average molecular weight is 160 g/mol. The van der Waals surface area contributed by atoms with Gasteiger partial charge in [0.05, 0.1) is 0 Å². The molecule has 0 aromatic carbocycles. The SMILES string of the molecule is CC(C)(C)C1OC(=O)C1(C)F. The molecule has 1 aliphatic rings. The predicted molar refractivity (Wildman–Crippen MR) is 38.8 cm³/mol. The normalized spacial score (nSPS) is 37.9. The van der Waals surface area contributed by atoms with Gasteiger partial charge in [-0.25, -0.2) is 9.18 Å². The highest BCUT2D eigenvalue weighted by atomic mass is 19.1. The van der Waals surface area contributed by atoms with Crippen LogP contribution in [0.1, 0.15) is 27.7 Å². The molecule has 0 aromatic rings. The Morgan fingerprint density at radius 1 is 1.55 bits per heavy atom. The van der Waals surface area contributed by atoms with E-state index in [1.54, 1.807) is 0 Å². The van der Waals surface area contributed by atoms with Crippen molar-refractivity contribution >= 4 is 5.97 Å². The second-order valence-corrected chi connectivity index (χ2v) is 4.23. The number of hydrogen-bond acceptors (Lipinski definition) is 2. The Labute approximate surface area is 65.7 Å². The third kappa shape index (κ3) is 1.12. The van der Waals surface area contributed by atoms with Gasteiger partial charge in [-0.05, 0) is 6.92 Å². The van der Waals surface area contributed by atoms with E-state index in [4.69, 9.17) is 4.74 Å². The van der Waals surface area contributed by atoms with Crippen molar-refractivity contribution in [1.29, 1.82) is 0 Å². The highest BCUT2D eigenvalue weighted by Gasteiger charge is 2.60. The first-order valence-corrected chi connectivity index (χ1v) is 3.66. The molecule has 1 heterocycles. The molecule has 1 rings (SSSR count). The van der Waals surface area contributed by atoms with Gasteiger partial charge in [-0.3, -0.25) is 0 Å². The minimum absolute atomic E-state index is 0.308. The van der Waals surface area contributed by atoms with Crippen molar-refractivity contribution in [2.24, 2.45) is 5.41 Å². The van der Waals surface area contributed by atoms with Gasteiger partial charge in [-0.1, -0.05) is 20.8 Å². The zero-order chi connectivity index (χ0) is 8.86. The van der Waals surface area contributed by atoms with Crippen LogP contribution in [-0.2, 0) is 9.53 Å². The van der Waals surface area contributed by atoms with Crippen LogP contribution in [0.15, 0.2) is 0 Å². The maximum absolute atomic E-state index is 13.3. The Hall–Kier alpha value is -0.600. The van der Waals surface area contributed by atoms with E-state index in [0.29, 0.717) is 0 Å². The van der Waals surface area contributed by atoms with Crippen LogP contribution >= 0.6 is 0 Å². The molecule has 0 bridgehead atoms. The molecular weight excluding hydrogens is 147 g/mol. The van der Waals surface area contributed by atoms with Crippen LogP contribution in [0.25, 0.3) is 0 Å². The summed E-state index contributed by atoms with van der Waals surface area (Å²) in [5, 5.41) is 0. The van der Waals surface area contributed by atoms with E-state index >= 15 is 0 Å². The molecule has 0 aromatic heterocycles. The number of halogens is 1. The van der Waals surface area contributed by atoms with E-state index in [2.05, 4.69) is 0 Å². The molecule has 64 valence electrons. The Balaban J connectivity index is 2.75. The van der Waals surface area contributed by atoms with Gasteiger partial charge in [0, 0.05) is 5.41 Å². The lowest BCUT2D eigenvalue weighted by Gasteiger charge is -2.45. The monoisotopic (exact) mass is 160 g/mol.